The molecule has 0 aliphatic heterocycles. The fraction of sp³-hybridized carbons (Fsp3) is 0.0370. The third-order valence-corrected chi connectivity index (χ3v) is 5.31. The minimum atomic E-state index is 1.14. The van der Waals surface area contributed by atoms with E-state index >= 15 is 0 Å². The second kappa shape index (κ2) is 6.86. The molecule has 0 bridgehead atoms. The van der Waals surface area contributed by atoms with Gasteiger partial charge in [0.25, 0.3) is 0 Å². The SMILES string of the molecule is Cc1ccc(N(c2ccc3cccc-3cc2)c2ccc3cccc-3cc2)cc1. The van der Waals surface area contributed by atoms with Crippen LogP contribution in [0.2, 0.25) is 0 Å². The third kappa shape index (κ3) is 3.01. The van der Waals surface area contributed by atoms with Crippen LogP contribution in [0.5, 0.6) is 0 Å². The van der Waals surface area contributed by atoms with Crippen LogP contribution in [-0.2, 0) is 0 Å². The molecule has 0 radical (unpaired) electrons. The van der Waals surface area contributed by atoms with E-state index in [1.165, 1.54) is 27.8 Å². The maximum atomic E-state index is 2.32. The number of rotatable bonds is 3. The first-order valence-corrected chi connectivity index (χ1v) is 9.62. The molecule has 28 heavy (non-hydrogen) atoms. The van der Waals surface area contributed by atoms with Gasteiger partial charge in [0.2, 0.25) is 0 Å². The highest BCUT2D eigenvalue weighted by Gasteiger charge is 2.13. The van der Waals surface area contributed by atoms with E-state index in [2.05, 4.69) is 121 Å². The average Bonchev–Trinajstić information content (AvgIpc) is 3.26. The number of anilines is 3. The van der Waals surface area contributed by atoms with Crippen molar-refractivity contribution < 1.29 is 0 Å². The molecule has 134 valence electrons. The largest absolute Gasteiger partial charge is 0.311 e. The van der Waals surface area contributed by atoms with Gasteiger partial charge < -0.3 is 4.90 Å². The lowest BCUT2D eigenvalue weighted by atomic mass is 10.2. The van der Waals surface area contributed by atoms with Gasteiger partial charge in [0.15, 0.2) is 0 Å². The molecule has 0 atom stereocenters. The fourth-order valence-electron chi connectivity index (χ4n) is 3.75. The number of benzene rings is 1. The first-order chi connectivity index (χ1) is 13.8. The van der Waals surface area contributed by atoms with E-state index in [0.717, 1.165) is 17.1 Å². The maximum Gasteiger partial charge on any atom is 0.0462 e. The Morgan fingerprint density at radius 2 is 0.714 bits per heavy atom. The van der Waals surface area contributed by atoms with Gasteiger partial charge in [-0.05, 0) is 65.6 Å². The maximum absolute atomic E-state index is 2.32. The molecular formula is C27H21N. The van der Waals surface area contributed by atoms with Crippen LogP contribution in [0.1, 0.15) is 5.56 Å². The average molecular weight is 359 g/mol. The summed E-state index contributed by atoms with van der Waals surface area (Å²) in [7, 11) is 0. The van der Waals surface area contributed by atoms with Gasteiger partial charge in [-0.25, -0.2) is 0 Å². The van der Waals surface area contributed by atoms with Crippen LogP contribution >= 0.6 is 0 Å². The Labute approximate surface area is 166 Å². The van der Waals surface area contributed by atoms with E-state index in [4.69, 9.17) is 0 Å². The van der Waals surface area contributed by atoms with E-state index < -0.39 is 0 Å². The smallest absolute Gasteiger partial charge is 0.0462 e. The van der Waals surface area contributed by atoms with Gasteiger partial charge in [-0.2, -0.15) is 0 Å². The van der Waals surface area contributed by atoms with Crippen LogP contribution in [0.15, 0.2) is 109 Å². The van der Waals surface area contributed by atoms with Gasteiger partial charge in [-0.3, -0.25) is 0 Å². The highest BCUT2D eigenvalue weighted by Crippen LogP contribution is 2.36. The van der Waals surface area contributed by atoms with Crippen molar-refractivity contribution in [2.45, 2.75) is 6.92 Å². The first-order valence-electron chi connectivity index (χ1n) is 9.62. The van der Waals surface area contributed by atoms with Gasteiger partial charge in [0.05, 0.1) is 0 Å². The van der Waals surface area contributed by atoms with E-state index in [1.807, 2.05) is 0 Å². The Kier molecular flexibility index (Phi) is 4.06. The van der Waals surface area contributed by atoms with E-state index in [0.29, 0.717) is 0 Å². The van der Waals surface area contributed by atoms with Crippen LogP contribution < -0.4 is 4.90 Å². The Balaban J connectivity index is 1.70. The summed E-state index contributed by atoms with van der Waals surface area (Å²) in [6, 6.07) is 39.2. The molecule has 0 saturated heterocycles. The van der Waals surface area contributed by atoms with Crippen molar-refractivity contribution in [1.82, 2.24) is 0 Å². The Hall–Kier alpha value is -3.58. The number of aryl methyl sites for hydroxylation is 1. The molecule has 4 aliphatic carbocycles. The van der Waals surface area contributed by atoms with E-state index in [-0.39, 0.29) is 0 Å². The van der Waals surface area contributed by atoms with Gasteiger partial charge in [0.1, 0.15) is 0 Å². The zero-order valence-electron chi connectivity index (χ0n) is 15.8. The van der Waals surface area contributed by atoms with Crippen LogP contribution in [-0.4, -0.2) is 0 Å². The van der Waals surface area contributed by atoms with Crippen molar-refractivity contribution >= 4 is 17.1 Å². The standard InChI is InChI=1S/C27H21N/c1-20-8-14-25(15-9-20)28(26-16-10-21-4-2-5-22(21)11-17-26)27-18-12-23-6-3-7-24(23)13-19-27/h2-19H,1H3. The summed E-state index contributed by atoms with van der Waals surface area (Å²) in [6.45, 7) is 2.12. The normalized spacial score (nSPS) is 11.0. The summed E-state index contributed by atoms with van der Waals surface area (Å²) in [6.07, 6.45) is 0. The second-order valence-corrected chi connectivity index (χ2v) is 7.23. The number of hydrogen-bond acceptors (Lipinski definition) is 1. The lowest BCUT2D eigenvalue weighted by Gasteiger charge is -2.24. The first kappa shape index (κ1) is 16.6. The van der Waals surface area contributed by atoms with Crippen LogP contribution in [0.4, 0.5) is 17.1 Å². The quantitative estimate of drug-likeness (QED) is 0.319. The van der Waals surface area contributed by atoms with Crippen molar-refractivity contribution in [3.8, 4) is 22.3 Å². The Morgan fingerprint density at radius 3 is 1.07 bits per heavy atom. The molecule has 1 nitrogen and oxygen atoms in total. The van der Waals surface area contributed by atoms with Crippen molar-refractivity contribution in [3.63, 3.8) is 0 Å². The van der Waals surface area contributed by atoms with Gasteiger partial charge in [-0.1, -0.05) is 78.4 Å². The fourth-order valence-corrected chi connectivity index (χ4v) is 3.75. The predicted molar refractivity (Wildman–Crippen MR) is 119 cm³/mol. The molecule has 1 aromatic carbocycles. The highest BCUT2D eigenvalue weighted by atomic mass is 15.1. The molecule has 4 aliphatic rings. The lowest BCUT2D eigenvalue weighted by molar-refractivity contribution is 1.29. The van der Waals surface area contributed by atoms with E-state index in [9.17, 15) is 0 Å². The lowest BCUT2D eigenvalue weighted by Crippen LogP contribution is -2.08. The van der Waals surface area contributed by atoms with Crippen LogP contribution in [0.25, 0.3) is 22.3 Å². The highest BCUT2D eigenvalue weighted by molar-refractivity contribution is 5.80. The summed E-state index contributed by atoms with van der Waals surface area (Å²) in [5.41, 5.74) is 9.73. The molecule has 0 aromatic heterocycles. The van der Waals surface area contributed by atoms with Gasteiger partial charge >= 0.3 is 0 Å². The predicted octanol–water partition coefficient (Wildman–Crippen LogP) is 7.67. The summed E-state index contributed by atoms with van der Waals surface area (Å²) in [5, 5.41) is 0. The second-order valence-electron chi connectivity index (χ2n) is 7.23. The minimum Gasteiger partial charge on any atom is -0.311 e. The van der Waals surface area contributed by atoms with E-state index in [1.54, 1.807) is 0 Å². The Morgan fingerprint density at radius 1 is 0.393 bits per heavy atom. The monoisotopic (exact) mass is 359 g/mol. The summed E-state index contributed by atoms with van der Waals surface area (Å²) in [4.78, 5) is 2.32. The van der Waals surface area contributed by atoms with Crippen molar-refractivity contribution in [2.24, 2.45) is 0 Å². The molecule has 0 fully saturated rings. The van der Waals surface area contributed by atoms with Crippen molar-refractivity contribution in [3.05, 3.63) is 115 Å². The number of nitrogens with zero attached hydrogens (tertiary/aromatic N) is 1. The molecule has 1 aromatic rings. The third-order valence-electron chi connectivity index (χ3n) is 5.31. The Bertz CT molecular complexity index is 1040. The minimum absolute atomic E-state index is 1.14. The molecule has 0 heterocycles. The summed E-state index contributed by atoms with van der Waals surface area (Å²) in [5.74, 6) is 0. The number of fused-ring (bicyclic) bond motifs is 2. The summed E-state index contributed by atoms with van der Waals surface area (Å²) < 4.78 is 0. The number of hydrogen-bond donors (Lipinski definition) is 0. The van der Waals surface area contributed by atoms with Gasteiger partial charge in [-0.15, -0.1) is 0 Å². The molecule has 0 saturated carbocycles. The molecule has 1 heteroatoms. The topological polar surface area (TPSA) is 3.24 Å². The molecule has 0 N–H and O–H groups in total. The molecule has 0 amide bonds. The molecule has 0 spiro atoms. The molecule has 5 rings (SSSR count). The van der Waals surface area contributed by atoms with Crippen molar-refractivity contribution in [1.29, 1.82) is 0 Å². The molecular weight excluding hydrogens is 338 g/mol. The van der Waals surface area contributed by atoms with Crippen LogP contribution in [0.3, 0.4) is 0 Å². The molecule has 0 unspecified atom stereocenters. The zero-order chi connectivity index (χ0) is 18.9. The zero-order valence-corrected chi connectivity index (χ0v) is 15.8. The summed E-state index contributed by atoms with van der Waals surface area (Å²) >= 11 is 0. The van der Waals surface area contributed by atoms with Crippen LogP contribution in [0, 0.1) is 6.92 Å². The van der Waals surface area contributed by atoms with Crippen molar-refractivity contribution in [2.75, 3.05) is 4.90 Å². The van der Waals surface area contributed by atoms with Gasteiger partial charge in [0, 0.05) is 17.1 Å².